The van der Waals surface area contributed by atoms with Crippen LogP contribution < -0.4 is 10.2 Å². The van der Waals surface area contributed by atoms with Crippen LogP contribution in [-0.4, -0.2) is 58.8 Å². The standard InChI is InChI=1S/C21H24BrN7O2/c1-3-29-19-16(25-20(29)22)18(28-9-11-31-12-10-28)26-21(27-19)24-13-15(17(23)30-2)14-7-5-4-6-8-14/h4-8,13,23H,3,9-12H2,1-2H3,(H,24,26,27)/b15-13-,23-17?. The third-order valence-corrected chi connectivity index (χ3v) is 5.64. The molecule has 9 nitrogen and oxygen atoms in total. The number of anilines is 2. The van der Waals surface area contributed by atoms with E-state index in [1.807, 2.05) is 41.8 Å². The maximum absolute atomic E-state index is 8.19. The molecular weight excluding hydrogens is 462 g/mol. The summed E-state index contributed by atoms with van der Waals surface area (Å²) >= 11 is 3.54. The number of nitrogens with zero attached hydrogens (tertiary/aromatic N) is 5. The number of aromatic nitrogens is 4. The Kier molecular flexibility index (Phi) is 6.47. The predicted molar refractivity (Wildman–Crippen MR) is 125 cm³/mol. The number of halogens is 1. The van der Waals surface area contributed by atoms with E-state index >= 15 is 0 Å². The van der Waals surface area contributed by atoms with Crippen molar-refractivity contribution in [2.24, 2.45) is 0 Å². The van der Waals surface area contributed by atoms with Gasteiger partial charge in [0.05, 0.1) is 25.9 Å². The lowest BCUT2D eigenvalue weighted by molar-refractivity contribution is 0.122. The zero-order chi connectivity index (χ0) is 21.8. The molecule has 1 aliphatic rings. The molecule has 1 fully saturated rings. The van der Waals surface area contributed by atoms with Gasteiger partial charge in [-0.2, -0.15) is 9.97 Å². The molecule has 0 atom stereocenters. The first kappa shape index (κ1) is 21.3. The largest absolute Gasteiger partial charge is 0.481 e. The number of ether oxygens (including phenoxy) is 2. The lowest BCUT2D eigenvalue weighted by Crippen LogP contribution is -2.37. The number of nitrogens with one attached hydrogen (secondary N) is 2. The number of benzene rings is 1. The number of methoxy groups -OCH3 is 1. The highest BCUT2D eigenvalue weighted by atomic mass is 79.9. The Bertz CT molecular complexity index is 1110. The fourth-order valence-corrected chi connectivity index (χ4v) is 4.04. The summed E-state index contributed by atoms with van der Waals surface area (Å²) in [6.07, 6.45) is 1.70. The third-order valence-electron chi connectivity index (χ3n) is 5.04. The van der Waals surface area contributed by atoms with Gasteiger partial charge in [-0.3, -0.25) is 5.41 Å². The van der Waals surface area contributed by atoms with Crippen LogP contribution >= 0.6 is 15.9 Å². The van der Waals surface area contributed by atoms with Crippen LogP contribution in [0.4, 0.5) is 11.8 Å². The van der Waals surface area contributed by atoms with E-state index < -0.39 is 0 Å². The molecule has 0 bridgehead atoms. The number of fused-ring (bicyclic) bond motifs is 1. The van der Waals surface area contributed by atoms with Crippen LogP contribution in [0.15, 0.2) is 41.3 Å². The Labute approximate surface area is 188 Å². The summed E-state index contributed by atoms with van der Waals surface area (Å²) < 4.78 is 13.4. The molecule has 0 spiro atoms. The second-order valence-corrected chi connectivity index (χ2v) is 7.58. The molecule has 0 unspecified atom stereocenters. The summed E-state index contributed by atoms with van der Waals surface area (Å²) in [5.41, 5.74) is 2.95. The molecule has 3 aromatic rings. The van der Waals surface area contributed by atoms with E-state index in [9.17, 15) is 0 Å². The summed E-state index contributed by atoms with van der Waals surface area (Å²) in [5.74, 6) is 1.24. The van der Waals surface area contributed by atoms with Crippen molar-refractivity contribution in [3.05, 3.63) is 46.8 Å². The molecule has 2 N–H and O–H groups in total. The molecule has 2 aromatic heterocycles. The fourth-order valence-electron chi connectivity index (χ4n) is 3.44. The fraction of sp³-hybridized carbons (Fsp3) is 0.333. The number of imidazole rings is 1. The first-order chi connectivity index (χ1) is 15.1. The Morgan fingerprint density at radius 2 is 1.97 bits per heavy atom. The minimum Gasteiger partial charge on any atom is -0.481 e. The smallest absolute Gasteiger partial charge is 0.230 e. The molecule has 0 saturated carbocycles. The van der Waals surface area contributed by atoms with Crippen molar-refractivity contribution in [1.82, 2.24) is 19.5 Å². The van der Waals surface area contributed by atoms with Gasteiger partial charge in [-0.05, 0) is 28.4 Å². The SMILES string of the molecule is CCn1c(Br)nc2c(N3CCOCC3)nc(N/C=C(\C(=N)OC)c3ccccc3)nc21. The minimum atomic E-state index is 0.0505. The Balaban J connectivity index is 1.77. The molecular formula is C21H24BrN7O2. The highest BCUT2D eigenvalue weighted by Crippen LogP contribution is 2.29. The first-order valence-electron chi connectivity index (χ1n) is 10.0. The van der Waals surface area contributed by atoms with Gasteiger partial charge in [-0.15, -0.1) is 0 Å². The maximum atomic E-state index is 8.19. The Morgan fingerprint density at radius 3 is 2.65 bits per heavy atom. The van der Waals surface area contributed by atoms with Crippen molar-refractivity contribution in [3.8, 4) is 0 Å². The van der Waals surface area contributed by atoms with E-state index in [2.05, 4.69) is 31.1 Å². The summed E-state index contributed by atoms with van der Waals surface area (Å²) in [6.45, 7) is 5.53. The monoisotopic (exact) mass is 485 g/mol. The van der Waals surface area contributed by atoms with Crippen LogP contribution in [0.5, 0.6) is 0 Å². The van der Waals surface area contributed by atoms with E-state index in [0.29, 0.717) is 29.5 Å². The van der Waals surface area contributed by atoms with Crippen LogP contribution in [-0.2, 0) is 16.0 Å². The van der Waals surface area contributed by atoms with E-state index in [0.717, 1.165) is 42.2 Å². The van der Waals surface area contributed by atoms with E-state index in [-0.39, 0.29) is 5.90 Å². The van der Waals surface area contributed by atoms with Gasteiger partial charge in [0.1, 0.15) is 0 Å². The average molecular weight is 486 g/mol. The zero-order valence-corrected chi connectivity index (χ0v) is 19.0. The second kappa shape index (κ2) is 9.44. The van der Waals surface area contributed by atoms with Crippen LogP contribution in [0.3, 0.4) is 0 Å². The molecule has 1 saturated heterocycles. The molecule has 1 aromatic carbocycles. The molecule has 0 amide bonds. The minimum absolute atomic E-state index is 0.0505. The lowest BCUT2D eigenvalue weighted by Gasteiger charge is -2.28. The van der Waals surface area contributed by atoms with Gasteiger partial charge in [-0.25, -0.2) is 4.98 Å². The van der Waals surface area contributed by atoms with Gasteiger partial charge >= 0.3 is 0 Å². The van der Waals surface area contributed by atoms with Crippen molar-refractivity contribution >= 4 is 50.3 Å². The van der Waals surface area contributed by atoms with Crippen LogP contribution in [0.2, 0.25) is 0 Å². The zero-order valence-electron chi connectivity index (χ0n) is 17.4. The molecule has 3 heterocycles. The van der Waals surface area contributed by atoms with Gasteiger partial charge in [-0.1, -0.05) is 30.3 Å². The molecule has 1 aliphatic heterocycles. The topological polar surface area (TPSA) is 101 Å². The van der Waals surface area contributed by atoms with Gasteiger partial charge in [0.2, 0.25) is 11.8 Å². The van der Waals surface area contributed by atoms with Crippen LogP contribution in [0.25, 0.3) is 16.7 Å². The average Bonchev–Trinajstić information content (AvgIpc) is 3.14. The lowest BCUT2D eigenvalue weighted by atomic mass is 10.1. The first-order valence-corrected chi connectivity index (χ1v) is 10.8. The molecule has 162 valence electrons. The highest BCUT2D eigenvalue weighted by Gasteiger charge is 2.22. The number of hydrogen-bond acceptors (Lipinski definition) is 8. The Morgan fingerprint density at radius 1 is 1.23 bits per heavy atom. The normalized spacial score (nSPS) is 14.7. The highest BCUT2D eigenvalue weighted by molar-refractivity contribution is 9.10. The van der Waals surface area contributed by atoms with Gasteiger partial charge in [0.25, 0.3) is 0 Å². The van der Waals surface area contributed by atoms with Gasteiger partial charge < -0.3 is 24.3 Å². The molecule has 10 heteroatoms. The van der Waals surface area contributed by atoms with Gasteiger partial charge in [0.15, 0.2) is 21.7 Å². The quantitative estimate of drug-likeness (QED) is 0.312. The molecule has 0 radical (unpaired) electrons. The van der Waals surface area contributed by atoms with Crippen LogP contribution in [0, 0.1) is 5.41 Å². The van der Waals surface area contributed by atoms with Crippen molar-refractivity contribution in [3.63, 3.8) is 0 Å². The van der Waals surface area contributed by atoms with Crippen LogP contribution in [0.1, 0.15) is 12.5 Å². The van der Waals surface area contributed by atoms with E-state index in [1.165, 1.54) is 7.11 Å². The summed E-state index contributed by atoms with van der Waals surface area (Å²) in [6, 6.07) is 9.62. The summed E-state index contributed by atoms with van der Waals surface area (Å²) in [5, 5.41) is 11.4. The van der Waals surface area contributed by atoms with Crippen molar-refractivity contribution in [2.45, 2.75) is 13.5 Å². The molecule has 4 rings (SSSR count). The number of hydrogen-bond donors (Lipinski definition) is 2. The number of morpholine rings is 1. The van der Waals surface area contributed by atoms with E-state index in [4.69, 9.17) is 24.9 Å². The Hall–Kier alpha value is -2.98. The third kappa shape index (κ3) is 4.40. The predicted octanol–water partition coefficient (Wildman–Crippen LogP) is 3.52. The molecule has 31 heavy (non-hydrogen) atoms. The second-order valence-electron chi connectivity index (χ2n) is 6.87. The van der Waals surface area contributed by atoms with Crippen molar-refractivity contribution < 1.29 is 9.47 Å². The van der Waals surface area contributed by atoms with Gasteiger partial charge in [0, 0.05) is 25.8 Å². The number of aryl methyl sites for hydroxylation is 1. The maximum Gasteiger partial charge on any atom is 0.230 e. The number of rotatable bonds is 6. The van der Waals surface area contributed by atoms with E-state index in [1.54, 1.807) is 6.20 Å². The summed E-state index contributed by atoms with van der Waals surface area (Å²) in [7, 11) is 1.48. The summed E-state index contributed by atoms with van der Waals surface area (Å²) in [4.78, 5) is 16.3. The van der Waals surface area contributed by atoms with Crippen molar-refractivity contribution in [2.75, 3.05) is 43.6 Å². The molecule has 0 aliphatic carbocycles. The van der Waals surface area contributed by atoms with Crippen molar-refractivity contribution in [1.29, 1.82) is 5.41 Å².